The first kappa shape index (κ1) is 16.4. The van der Waals surface area contributed by atoms with E-state index in [2.05, 4.69) is 20.9 Å². The number of rotatable bonds is 5. The zero-order chi connectivity index (χ0) is 16.1. The van der Waals surface area contributed by atoms with Crippen molar-refractivity contribution in [2.75, 3.05) is 13.1 Å². The van der Waals surface area contributed by atoms with Crippen molar-refractivity contribution in [3.05, 3.63) is 33.8 Å². The van der Waals surface area contributed by atoms with Crippen molar-refractivity contribution in [2.45, 2.75) is 19.8 Å². The van der Waals surface area contributed by atoms with E-state index >= 15 is 0 Å². The lowest BCUT2D eigenvalue weighted by molar-refractivity contribution is -0.132. The maximum absolute atomic E-state index is 12.6. The number of hydrogen-bond acceptors (Lipinski definition) is 3. The van der Waals surface area contributed by atoms with Gasteiger partial charge in [-0.15, -0.1) is 0 Å². The van der Waals surface area contributed by atoms with Gasteiger partial charge in [-0.05, 0) is 30.7 Å². The maximum Gasteiger partial charge on any atom is 0.250 e. The molecule has 0 aromatic heterocycles. The van der Waals surface area contributed by atoms with Gasteiger partial charge in [0.15, 0.2) is 0 Å². The van der Waals surface area contributed by atoms with Gasteiger partial charge in [0.05, 0.1) is 12.2 Å². The molecule has 0 bridgehead atoms. The Balaban J connectivity index is 2.32. The van der Waals surface area contributed by atoms with E-state index in [-0.39, 0.29) is 12.5 Å². The number of amides is 2. The molecule has 0 unspecified atom stereocenters. The van der Waals surface area contributed by atoms with E-state index in [0.29, 0.717) is 18.5 Å². The third-order valence-corrected chi connectivity index (χ3v) is 3.76. The van der Waals surface area contributed by atoms with Crippen LogP contribution >= 0.6 is 15.9 Å². The Kier molecular flexibility index (Phi) is 5.49. The molecule has 2 amide bonds. The number of primary amides is 1. The van der Waals surface area contributed by atoms with Crippen LogP contribution in [0, 0.1) is 0 Å². The lowest BCUT2D eigenvalue weighted by Gasteiger charge is -2.21. The lowest BCUT2D eigenvalue weighted by atomic mass is 10.1. The Bertz CT molecular complexity index is 653. The molecular weight excluding hydrogens is 346 g/mol. The van der Waals surface area contributed by atoms with Gasteiger partial charge in [0.1, 0.15) is 0 Å². The number of nitrogens with two attached hydrogens (primary N) is 1. The second-order valence-electron chi connectivity index (χ2n) is 5.08. The Morgan fingerprint density at radius 1 is 1.41 bits per heavy atom. The molecule has 6 heteroatoms. The third-order valence-electron chi connectivity index (χ3n) is 3.26. The molecule has 1 aromatic carbocycles. The van der Waals surface area contributed by atoms with Crippen LogP contribution in [-0.2, 0) is 9.59 Å². The van der Waals surface area contributed by atoms with Crippen LogP contribution in [0.1, 0.15) is 25.3 Å². The summed E-state index contributed by atoms with van der Waals surface area (Å²) in [5.41, 5.74) is 7.54. The number of carbonyl (C=O) groups excluding carboxylic acids is 2. The number of nitrogens with zero attached hydrogens (tertiary/aromatic N) is 2. The summed E-state index contributed by atoms with van der Waals surface area (Å²) in [4.78, 5) is 29.7. The van der Waals surface area contributed by atoms with Crippen LogP contribution in [0.25, 0.3) is 6.08 Å². The smallest absolute Gasteiger partial charge is 0.250 e. The molecule has 0 saturated carbocycles. The molecule has 2 rings (SSSR count). The summed E-state index contributed by atoms with van der Waals surface area (Å²) in [6.07, 6.45) is 4.75. The van der Waals surface area contributed by atoms with Crippen LogP contribution in [0.3, 0.4) is 0 Å². The number of halogens is 1. The molecule has 116 valence electrons. The minimum atomic E-state index is -0.507. The largest absolute Gasteiger partial charge is 0.368 e. The van der Waals surface area contributed by atoms with Gasteiger partial charge < -0.3 is 10.6 Å². The zero-order valence-electron chi connectivity index (χ0n) is 12.4. The Morgan fingerprint density at radius 3 is 2.86 bits per heavy atom. The van der Waals surface area contributed by atoms with E-state index in [9.17, 15) is 9.59 Å². The fourth-order valence-corrected chi connectivity index (χ4v) is 2.69. The first-order valence-electron chi connectivity index (χ1n) is 7.11. The number of carbonyl (C=O) groups is 2. The molecule has 1 heterocycles. The highest BCUT2D eigenvalue weighted by Crippen LogP contribution is 2.28. The molecule has 0 atom stereocenters. The van der Waals surface area contributed by atoms with Gasteiger partial charge in [0.2, 0.25) is 5.91 Å². The fourth-order valence-electron chi connectivity index (χ4n) is 2.31. The third kappa shape index (κ3) is 4.04. The Morgan fingerprint density at radius 2 is 2.18 bits per heavy atom. The minimum Gasteiger partial charge on any atom is -0.368 e. The molecule has 0 saturated heterocycles. The predicted octanol–water partition coefficient (Wildman–Crippen LogP) is 2.66. The van der Waals surface area contributed by atoms with Crippen molar-refractivity contribution in [2.24, 2.45) is 10.7 Å². The van der Waals surface area contributed by atoms with Crippen molar-refractivity contribution in [3.8, 4) is 0 Å². The second-order valence-corrected chi connectivity index (χ2v) is 6.00. The van der Waals surface area contributed by atoms with Gasteiger partial charge in [0, 0.05) is 34.8 Å². The molecule has 5 nitrogen and oxygen atoms in total. The highest BCUT2D eigenvalue weighted by atomic mass is 79.9. The molecule has 2 N–H and O–H groups in total. The van der Waals surface area contributed by atoms with Crippen LogP contribution in [-0.4, -0.2) is 36.0 Å². The topological polar surface area (TPSA) is 75.8 Å². The van der Waals surface area contributed by atoms with Crippen LogP contribution in [0.4, 0.5) is 5.69 Å². The number of fused-ring (bicyclic) bond motifs is 1. The number of hydrogen-bond donors (Lipinski definition) is 1. The summed E-state index contributed by atoms with van der Waals surface area (Å²) >= 11 is 3.42. The normalized spacial score (nSPS) is 13.1. The maximum atomic E-state index is 12.6. The standard InChI is InChI=1S/C16H18BrN3O2/c1-2-7-20(10-15(18)21)16(22)11-5-6-19-14-4-3-13(17)9-12(14)8-11/h3-4,6,8-9H,2,5,7,10H2,1H3,(H2,18,21). The molecule has 22 heavy (non-hydrogen) atoms. The average molecular weight is 364 g/mol. The SMILES string of the molecule is CCCN(CC(N)=O)C(=O)C1=Cc2cc(Br)ccc2N=CC1. The highest BCUT2D eigenvalue weighted by Gasteiger charge is 2.20. The van der Waals surface area contributed by atoms with Crippen LogP contribution in [0.5, 0.6) is 0 Å². The molecular formula is C16H18BrN3O2. The zero-order valence-corrected chi connectivity index (χ0v) is 14.0. The van der Waals surface area contributed by atoms with Crippen molar-refractivity contribution in [3.63, 3.8) is 0 Å². The van der Waals surface area contributed by atoms with E-state index < -0.39 is 5.91 Å². The second kappa shape index (κ2) is 7.35. The van der Waals surface area contributed by atoms with E-state index in [1.807, 2.05) is 31.2 Å². The quantitative estimate of drug-likeness (QED) is 0.872. The van der Waals surface area contributed by atoms with Gasteiger partial charge in [0.25, 0.3) is 5.91 Å². The number of aliphatic imine (C=N–C) groups is 1. The Labute approximate surface area is 138 Å². The lowest BCUT2D eigenvalue weighted by Crippen LogP contribution is -2.39. The number of benzene rings is 1. The van der Waals surface area contributed by atoms with Crippen molar-refractivity contribution in [1.29, 1.82) is 0 Å². The highest BCUT2D eigenvalue weighted by molar-refractivity contribution is 9.10. The summed E-state index contributed by atoms with van der Waals surface area (Å²) in [5.74, 6) is -0.673. The van der Waals surface area contributed by atoms with Gasteiger partial charge in [-0.3, -0.25) is 14.6 Å². The van der Waals surface area contributed by atoms with E-state index in [4.69, 9.17) is 5.73 Å². The van der Waals surface area contributed by atoms with E-state index in [1.165, 1.54) is 4.90 Å². The minimum absolute atomic E-state index is 0.0630. The molecule has 1 aliphatic heterocycles. The van der Waals surface area contributed by atoms with Crippen molar-refractivity contribution >= 4 is 45.7 Å². The summed E-state index contributed by atoms with van der Waals surface area (Å²) in [5, 5.41) is 0. The van der Waals surface area contributed by atoms with E-state index in [1.54, 1.807) is 6.21 Å². The van der Waals surface area contributed by atoms with Gasteiger partial charge in [-0.25, -0.2) is 0 Å². The molecule has 0 fully saturated rings. The summed E-state index contributed by atoms with van der Waals surface area (Å²) in [6.45, 7) is 2.39. The fraction of sp³-hybridized carbons (Fsp3) is 0.312. The first-order chi connectivity index (χ1) is 10.5. The monoisotopic (exact) mass is 363 g/mol. The van der Waals surface area contributed by atoms with Gasteiger partial charge >= 0.3 is 0 Å². The Hall–Kier alpha value is -1.95. The van der Waals surface area contributed by atoms with Crippen molar-refractivity contribution in [1.82, 2.24) is 4.90 Å². The van der Waals surface area contributed by atoms with Crippen molar-refractivity contribution < 1.29 is 9.59 Å². The predicted molar refractivity (Wildman–Crippen MR) is 91.0 cm³/mol. The van der Waals surface area contributed by atoms with Crippen LogP contribution in [0.2, 0.25) is 0 Å². The summed E-state index contributed by atoms with van der Waals surface area (Å²) in [7, 11) is 0. The average Bonchev–Trinajstić information content (AvgIpc) is 2.67. The summed E-state index contributed by atoms with van der Waals surface area (Å²) in [6, 6.07) is 5.73. The van der Waals surface area contributed by atoms with E-state index in [0.717, 1.165) is 22.1 Å². The molecule has 0 aliphatic carbocycles. The van der Waals surface area contributed by atoms with Gasteiger partial charge in [-0.1, -0.05) is 22.9 Å². The molecule has 1 aliphatic rings. The van der Waals surface area contributed by atoms with Crippen LogP contribution < -0.4 is 5.73 Å². The molecule has 1 aromatic rings. The van der Waals surface area contributed by atoms with Crippen LogP contribution in [0.15, 0.2) is 33.2 Å². The molecule has 0 radical (unpaired) electrons. The summed E-state index contributed by atoms with van der Waals surface area (Å²) < 4.78 is 0.925. The first-order valence-corrected chi connectivity index (χ1v) is 7.90. The molecule has 0 spiro atoms. The van der Waals surface area contributed by atoms with Gasteiger partial charge in [-0.2, -0.15) is 0 Å².